The van der Waals surface area contributed by atoms with E-state index in [0.717, 1.165) is 17.5 Å². The standard InChI is InChI=1S/C14H15N3O/c1-2-6-17-14(18)13-9-11(5-8-16-13)12-4-3-7-15-10-12/h3-5,7-10H,2,6H2,1H3,(H,17,18). The molecule has 0 aliphatic rings. The highest BCUT2D eigenvalue weighted by atomic mass is 16.1. The van der Waals surface area contributed by atoms with Gasteiger partial charge in [0.1, 0.15) is 5.69 Å². The summed E-state index contributed by atoms with van der Waals surface area (Å²) in [5.74, 6) is -0.136. The average Bonchev–Trinajstić information content (AvgIpc) is 2.46. The second-order valence-corrected chi connectivity index (χ2v) is 3.93. The number of nitrogens with one attached hydrogen (secondary N) is 1. The highest BCUT2D eigenvalue weighted by molar-refractivity contribution is 5.93. The summed E-state index contributed by atoms with van der Waals surface area (Å²) in [6, 6.07) is 7.47. The lowest BCUT2D eigenvalue weighted by Crippen LogP contribution is -2.24. The predicted octanol–water partition coefficient (Wildman–Crippen LogP) is 2.28. The van der Waals surface area contributed by atoms with E-state index >= 15 is 0 Å². The maximum absolute atomic E-state index is 11.8. The Morgan fingerprint density at radius 2 is 2.17 bits per heavy atom. The van der Waals surface area contributed by atoms with Gasteiger partial charge in [-0.25, -0.2) is 0 Å². The molecular formula is C14H15N3O. The van der Waals surface area contributed by atoms with Crippen LogP contribution in [0.5, 0.6) is 0 Å². The fraction of sp³-hybridized carbons (Fsp3) is 0.214. The van der Waals surface area contributed by atoms with E-state index in [1.54, 1.807) is 24.7 Å². The van der Waals surface area contributed by atoms with Gasteiger partial charge in [-0.2, -0.15) is 0 Å². The topological polar surface area (TPSA) is 54.9 Å². The van der Waals surface area contributed by atoms with Gasteiger partial charge in [0.25, 0.3) is 5.91 Å². The Balaban J connectivity index is 2.23. The van der Waals surface area contributed by atoms with Gasteiger partial charge in [-0.05, 0) is 30.2 Å². The molecule has 0 spiro atoms. The van der Waals surface area contributed by atoms with Crippen LogP contribution in [-0.2, 0) is 0 Å². The van der Waals surface area contributed by atoms with Crippen molar-refractivity contribution in [3.8, 4) is 11.1 Å². The number of carbonyl (C=O) groups is 1. The Kier molecular flexibility index (Phi) is 4.02. The number of carbonyl (C=O) groups excluding carboxylic acids is 1. The van der Waals surface area contributed by atoms with Crippen molar-refractivity contribution >= 4 is 5.91 Å². The van der Waals surface area contributed by atoms with E-state index in [4.69, 9.17) is 0 Å². The number of hydrogen-bond acceptors (Lipinski definition) is 3. The third kappa shape index (κ3) is 2.91. The molecule has 0 atom stereocenters. The van der Waals surface area contributed by atoms with E-state index in [1.165, 1.54) is 0 Å². The molecule has 1 amide bonds. The first-order valence-electron chi connectivity index (χ1n) is 5.96. The maximum Gasteiger partial charge on any atom is 0.269 e. The largest absolute Gasteiger partial charge is 0.351 e. The number of aromatic nitrogens is 2. The molecule has 0 fully saturated rings. The average molecular weight is 241 g/mol. The van der Waals surface area contributed by atoms with E-state index in [-0.39, 0.29) is 5.91 Å². The zero-order valence-electron chi connectivity index (χ0n) is 10.3. The van der Waals surface area contributed by atoms with Crippen molar-refractivity contribution in [3.63, 3.8) is 0 Å². The van der Waals surface area contributed by atoms with Crippen molar-refractivity contribution in [1.82, 2.24) is 15.3 Å². The quantitative estimate of drug-likeness (QED) is 0.893. The first-order valence-corrected chi connectivity index (χ1v) is 5.96. The molecule has 0 unspecified atom stereocenters. The molecule has 1 N–H and O–H groups in total. The van der Waals surface area contributed by atoms with Crippen LogP contribution < -0.4 is 5.32 Å². The zero-order valence-corrected chi connectivity index (χ0v) is 10.3. The number of amides is 1. The van der Waals surface area contributed by atoms with Crippen LogP contribution in [-0.4, -0.2) is 22.4 Å². The van der Waals surface area contributed by atoms with Gasteiger partial charge in [0.15, 0.2) is 0 Å². The van der Waals surface area contributed by atoms with Crippen LogP contribution >= 0.6 is 0 Å². The first-order chi connectivity index (χ1) is 8.81. The third-order valence-corrected chi connectivity index (χ3v) is 2.52. The highest BCUT2D eigenvalue weighted by Crippen LogP contribution is 2.17. The molecular weight excluding hydrogens is 226 g/mol. The Hall–Kier alpha value is -2.23. The molecule has 2 heterocycles. The summed E-state index contributed by atoms with van der Waals surface area (Å²) in [6.45, 7) is 2.68. The molecule has 92 valence electrons. The van der Waals surface area contributed by atoms with Crippen LogP contribution in [0.25, 0.3) is 11.1 Å². The van der Waals surface area contributed by atoms with Crippen molar-refractivity contribution in [2.24, 2.45) is 0 Å². The number of nitrogens with zero attached hydrogens (tertiary/aromatic N) is 2. The van der Waals surface area contributed by atoms with E-state index in [0.29, 0.717) is 12.2 Å². The van der Waals surface area contributed by atoms with Gasteiger partial charge in [-0.1, -0.05) is 13.0 Å². The summed E-state index contributed by atoms with van der Waals surface area (Å²) in [5, 5.41) is 2.81. The fourth-order valence-electron chi connectivity index (χ4n) is 1.60. The molecule has 2 aromatic rings. The number of rotatable bonds is 4. The number of pyridine rings is 2. The lowest BCUT2D eigenvalue weighted by atomic mass is 10.1. The van der Waals surface area contributed by atoms with Crippen molar-refractivity contribution in [2.75, 3.05) is 6.54 Å². The van der Waals surface area contributed by atoms with Gasteiger partial charge >= 0.3 is 0 Å². The summed E-state index contributed by atoms with van der Waals surface area (Å²) >= 11 is 0. The fourth-order valence-corrected chi connectivity index (χ4v) is 1.60. The van der Waals surface area contributed by atoms with Crippen LogP contribution in [0.2, 0.25) is 0 Å². The summed E-state index contributed by atoms with van der Waals surface area (Å²) in [4.78, 5) is 19.9. The van der Waals surface area contributed by atoms with Gasteiger partial charge in [0.05, 0.1) is 0 Å². The van der Waals surface area contributed by atoms with Crippen molar-refractivity contribution in [3.05, 3.63) is 48.5 Å². The Morgan fingerprint density at radius 3 is 2.89 bits per heavy atom. The van der Waals surface area contributed by atoms with Crippen LogP contribution in [0.1, 0.15) is 23.8 Å². The van der Waals surface area contributed by atoms with Crippen LogP contribution in [0.3, 0.4) is 0 Å². The normalized spacial score (nSPS) is 10.1. The molecule has 0 radical (unpaired) electrons. The van der Waals surface area contributed by atoms with Crippen molar-refractivity contribution < 1.29 is 4.79 Å². The molecule has 0 saturated heterocycles. The Labute approximate surface area is 106 Å². The van der Waals surface area contributed by atoms with Gasteiger partial charge in [0.2, 0.25) is 0 Å². The summed E-state index contributed by atoms with van der Waals surface area (Å²) in [6.07, 6.45) is 6.04. The molecule has 0 aromatic carbocycles. The van der Waals surface area contributed by atoms with E-state index in [9.17, 15) is 4.79 Å². The Morgan fingerprint density at radius 1 is 1.28 bits per heavy atom. The second-order valence-electron chi connectivity index (χ2n) is 3.93. The summed E-state index contributed by atoms with van der Waals surface area (Å²) < 4.78 is 0. The SMILES string of the molecule is CCCNC(=O)c1cc(-c2cccnc2)ccn1. The first kappa shape index (κ1) is 12.2. The monoisotopic (exact) mass is 241 g/mol. The molecule has 0 saturated carbocycles. The number of hydrogen-bond donors (Lipinski definition) is 1. The van der Waals surface area contributed by atoms with E-state index < -0.39 is 0 Å². The van der Waals surface area contributed by atoms with Gasteiger partial charge in [-0.15, -0.1) is 0 Å². The van der Waals surface area contributed by atoms with E-state index in [1.807, 2.05) is 25.1 Å². The highest BCUT2D eigenvalue weighted by Gasteiger charge is 2.07. The van der Waals surface area contributed by atoms with Crippen LogP contribution in [0.4, 0.5) is 0 Å². The molecule has 2 aromatic heterocycles. The van der Waals surface area contributed by atoms with Gasteiger partial charge in [-0.3, -0.25) is 14.8 Å². The molecule has 0 aliphatic carbocycles. The third-order valence-electron chi connectivity index (χ3n) is 2.52. The van der Waals surface area contributed by atoms with Gasteiger partial charge < -0.3 is 5.32 Å². The molecule has 4 nitrogen and oxygen atoms in total. The minimum absolute atomic E-state index is 0.136. The summed E-state index contributed by atoms with van der Waals surface area (Å²) in [7, 11) is 0. The molecule has 18 heavy (non-hydrogen) atoms. The van der Waals surface area contributed by atoms with Crippen molar-refractivity contribution in [2.45, 2.75) is 13.3 Å². The predicted molar refractivity (Wildman–Crippen MR) is 70.1 cm³/mol. The minimum atomic E-state index is -0.136. The van der Waals surface area contributed by atoms with E-state index in [2.05, 4.69) is 15.3 Å². The van der Waals surface area contributed by atoms with Crippen LogP contribution in [0, 0.1) is 0 Å². The lowest BCUT2D eigenvalue weighted by molar-refractivity contribution is 0.0949. The maximum atomic E-state index is 11.8. The molecule has 0 aliphatic heterocycles. The smallest absolute Gasteiger partial charge is 0.269 e. The molecule has 0 bridgehead atoms. The zero-order chi connectivity index (χ0) is 12.8. The van der Waals surface area contributed by atoms with Gasteiger partial charge in [0, 0.05) is 30.7 Å². The lowest BCUT2D eigenvalue weighted by Gasteiger charge is -2.05. The van der Waals surface area contributed by atoms with Crippen molar-refractivity contribution in [1.29, 1.82) is 0 Å². The second kappa shape index (κ2) is 5.91. The molecule has 4 heteroatoms. The summed E-state index contributed by atoms with van der Waals surface area (Å²) in [5.41, 5.74) is 2.36. The van der Waals surface area contributed by atoms with Crippen LogP contribution in [0.15, 0.2) is 42.9 Å². The Bertz CT molecular complexity index is 526. The molecule has 2 rings (SSSR count). The minimum Gasteiger partial charge on any atom is -0.351 e.